The summed E-state index contributed by atoms with van der Waals surface area (Å²) in [5, 5.41) is 7.92. The van der Waals surface area contributed by atoms with E-state index in [9.17, 15) is 22.4 Å². The second-order valence-corrected chi connectivity index (χ2v) is 6.88. The zero-order chi connectivity index (χ0) is 22.6. The molecule has 162 valence electrons. The Labute approximate surface area is 179 Å². The van der Waals surface area contributed by atoms with Gasteiger partial charge in [0.1, 0.15) is 11.6 Å². The van der Waals surface area contributed by atoms with Crippen molar-refractivity contribution in [2.45, 2.75) is 11.1 Å². The number of carbonyl (C=O) groups excluding carboxylic acids is 1. The van der Waals surface area contributed by atoms with Crippen LogP contribution in [0, 0.1) is 5.82 Å². The molecule has 0 bridgehead atoms. The lowest BCUT2D eigenvalue weighted by Gasteiger charge is -2.18. The van der Waals surface area contributed by atoms with Gasteiger partial charge in [-0.15, -0.1) is 0 Å². The van der Waals surface area contributed by atoms with Gasteiger partial charge in [-0.1, -0.05) is 12.1 Å². The first-order valence-corrected chi connectivity index (χ1v) is 9.60. The zero-order valence-corrected chi connectivity index (χ0v) is 16.8. The summed E-state index contributed by atoms with van der Waals surface area (Å²) in [5.74, 6) is -2.14. The minimum atomic E-state index is -4.83. The van der Waals surface area contributed by atoms with E-state index in [2.05, 4.69) is 5.32 Å². The van der Waals surface area contributed by atoms with Crippen molar-refractivity contribution in [2.24, 2.45) is 5.14 Å². The van der Waals surface area contributed by atoms with Crippen molar-refractivity contribution < 1.29 is 31.8 Å². The van der Waals surface area contributed by atoms with E-state index in [4.69, 9.17) is 14.6 Å². The van der Waals surface area contributed by atoms with Crippen LogP contribution in [-0.2, 0) is 6.18 Å². The fourth-order valence-electron chi connectivity index (χ4n) is 2.77. The third-order valence-electron chi connectivity index (χ3n) is 4.13. The number of anilines is 1. The van der Waals surface area contributed by atoms with Crippen LogP contribution < -0.4 is 19.9 Å². The monoisotopic (exact) mass is 452 g/mol. The number of ether oxygens (including phenoxy) is 2. The third kappa shape index (κ3) is 5.28. The Morgan fingerprint density at radius 3 is 2.42 bits per heavy atom. The molecule has 5 nitrogen and oxygen atoms in total. The number of hydrogen-bond acceptors (Lipinski definition) is 5. The van der Waals surface area contributed by atoms with E-state index in [-0.39, 0.29) is 22.9 Å². The van der Waals surface area contributed by atoms with E-state index in [1.807, 2.05) is 0 Å². The van der Waals surface area contributed by atoms with Crippen molar-refractivity contribution in [1.82, 2.24) is 0 Å². The maximum absolute atomic E-state index is 13.7. The molecular weight excluding hydrogens is 436 g/mol. The van der Waals surface area contributed by atoms with Crippen molar-refractivity contribution >= 4 is 23.5 Å². The normalized spacial score (nSPS) is 11.2. The second kappa shape index (κ2) is 9.27. The van der Waals surface area contributed by atoms with Gasteiger partial charge in [0.2, 0.25) is 0 Å². The van der Waals surface area contributed by atoms with Crippen molar-refractivity contribution in [3.63, 3.8) is 0 Å². The molecule has 31 heavy (non-hydrogen) atoms. The van der Waals surface area contributed by atoms with Crippen LogP contribution >= 0.6 is 11.9 Å². The van der Waals surface area contributed by atoms with Crippen LogP contribution in [0.15, 0.2) is 65.6 Å². The number of methoxy groups -OCH3 is 1. The predicted molar refractivity (Wildman–Crippen MR) is 109 cm³/mol. The molecule has 3 aromatic rings. The zero-order valence-electron chi connectivity index (χ0n) is 16.0. The lowest BCUT2D eigenvalue weighted by atomic mass is 10.0. The summed E-state index contributed by atoms with van der Waals surface area (Å²) >= 11 is 0.923. The number of halogens is 4. The molecule has 0 aliphatic rings. The molecule has 0 aromatic heterocycles. The number of nitrogens with two attached hydrogens (primary N) is 1. The Balaban J connectivity index is 2.05. The Bertz CT molecular complexity index is 1110. The summed E-state index contributed by atoms with van der Waals surface area (Å²) in [4.78, 5) is 13.5. The fourth-order valence-corrected chi connectivity index (χ4v) is 3.12. The first-order chi connectivity index (χ1) is 14.7. The molecule has 3 aromatic carbocycles. The van der Waals surface area contributed by atoms with Gasteiger partial charge in [-0.3, -0.25) is 9.93 Å². The maximum atomic E-state index is 13.7. The molecule has 0 saturated carbocycles. The van der Waals surface area contributed by atoms with E-state index in [1.165, 1.54) is 31.4 Å². The molecule has 1 amide bonds. The molecule has 10 heteroatoms. The van der Waals surface area contributed by atoms with E-state index >= 15 is 0 Å². The summed E-state index contributed by atoms with van der Waals surface area (Å²) in [6.07, 6.45) is -4.83. The van der Waals surface area contributed by atoms with Gasteiger partial charge < -0.3 is 14.8 Å². The summed E-state index contributed by atoms with van der Waals surface area (Å²) < 4.78 is 65.0. The minimum absolute atomic E-state index is 0.0450. The standard InChI is InChI=1S/C21H16F4N2O3S/c1-29-18-10-12(22)8-9-16(18)30-17-7-3-6-15(21(23,24)25)19(17)20(28)27-13-4-2-5-14(11-13)31-26/h2-11H,26H2,1H3,(H,27,28). The number of alkyl halides is 3. The molecule has 3 N–H and O–H groups in total. The van der Waals surface area contributed by atoms with E-state index in [1.54, 1.807) is 12.1 Å². The van der Waals surface area contributed by atoms with Crippen molar-refractivity contribution in [2.75, 3.05) is 12.4 Å². The maximum Gasteiger partial charge on any atom is 0.417 e. The van der Waals surface area contributed by atoms with Gasteiger partial charge in [-0.05, 0) is 54.4 Å². The minimum Gasteiger partial charge on any atom is -0.493 e. The van der Waals surface area contributed by atoms with Gasteiger partial charge in [-0.2, -0.15) is 13.2 Å². The number of benzene rings is 3. The van der Waals surface area contributed by atoms with Crippen molar-refractivity contribution in [3.05, 3.63) is 77.6 Å². The summed E-state index contributed by atoms with van der Waals surface area (Å²) in [6, 6.07) is 12.7. The fraction of sp³-hybridized carbons (Fsp3) is 0.0952. The molecule has 0 saturated heterocycles. The van der Waals surface area contributed by atoms with Gasteiger partial charge in [-0.25, -0.2) is 4.39 Å². The van der Waals surface area contributed by atoms with Crippen molar-refractivity contribution in [3.8, 4) is 17.2 Å². The first-order valence-electron chi connectivity index (χ1n) is 8.72. The molecule has 0 radical (unpaired) electrons. The second-order valence-electron chi connectivity index (χ2n) is 6.17. The molecule has 0 heterocycles. The molecular formula is C21H16F4N2O3S. The number of hydrogen-bond donors (Lipinski definition) is 2. The largest absolute Gasteiger partial charge is 0.493 e. The Morgan fingerprint density at radius 1 is 1.00 bits per heavy atom. The third-order valence-corrected chi connectivity index (χ3v) is 4.66. The van der Waals surface area contributed by atoms with Gasteiger partial charge >= 0.3 is 6.18 Å². The van der Waals surface area contributed by atoms with E-state index in [0.29, 0.717) is 4.90 Å². The molecule has 0 spiro atoms. The van der Waals surface area contributed by atoms with Crippen LogP contribution in [-0.4, -0.2) is 13.0 Å². The molecule has 0 aliphatic carbocycles. The van der Waals surface area contributed by atoms with Gasteiger partial charge in [0.15, 0.2) is 11.5 Å². The average Bonchev–Trinajstić information content (AvgIpc) is 2.74. The molecule has 0 atom stereocenters. The summed E-state index contributed by atoms with van der Waals surface area (Å²) in [5.41, 5.74) is -1.66. The van der Waals surface area contributed by atoms with E-state index in [0.717, 1.165) is 36.2 Å². The average molecular weight is 452 g/mol. The first kappa shape index (κ1) is 22.4. The van der Waals surface area contributed by atoms with Gasteiger partial charge in [0.25, 0.3) is 5.91 Å². The molecule has 0 aliphatic heterocycles. The van der Waals surface area contributed by atoms with Crippen LogP contribution in [0.3, 0.4) is 0 Å². The number of nitrogens with one attached hydrogen (secondary N) is 1. The van der Waals surface area contributed by atoms with Crippen LogP contribution in [0.1, 0.15) is 15.9 Å². The SMILES string of the molecule is COc1cc(F)ccc1Oc1cccc(C(F)(F)F)c1C(=O)Nc1cccc(SN)c1. The number of amides is 1. The van der Waals surface area contributed by atoms with Crippen LogP contribution in [0.2, 0.25) is 0 Å². The Kier molecular flexibility index (Phi) is 6.71. The lowest BCUT2D eigenvalue weighted by Crippen LogP contribution is -2.19. The topological polar surface area (TPSA) is 73.6 Å². The van der Waals surface area contributed by atoms with Gasteiger partial charge in [0.05, 0.1) is 18.2 Å². The van der Waals surface area contributed by atoms with Crippen LogP contribution in [0.4, 0.5) is 23.2 Å². The smallest absolute Gasteiger partial charge is 0.417 e. The lowest BCUT2D eigenvalue weighted by molar-refractivity contribution is -0.138. The number of carbonyl (C=O) groups is 1. The number of rotatable bonds is 6. The highest BCUT2D eigenvalue weighted by molar-refractivity contribution is 7.97. The highest BCUT2D eigenvalue weighted by Gasteiger charge is 2.37. The van der Waals surface area contributed by atoms with Crippen LogP contribution in [0.5, 0.6) is 17.2 Å². The molecule has 3 rings (SSSR count). The predicted octanol–water partition coefficient (Wildman–Crippen LogP) is 5.86. The van der Waals surface area contributed by atoms with E-state index < -0.39 is 29.0 Å². The highest BCUT2D eigenvalue weighted by Crippen LogP contribution is 2.40. The Morgan fingerprint density at radius 2 is 1.74 bits per heavy atom. The Hall–Kier alpha value is -3.24. The summed E-state index contributed by atoms with van der Waals surface area (Å²) in [6.45, 7) is 0. The quantitative estimate of drug-likeness (QED) is 0.362. The van der Waals surface area contributed by atoms with Crippen LogP contribution in [0.25, 0.3) is 0 Å². The van der Waals surface area contributed by atoms with Gasteiger partial charge in [0, 0.05) is 16.6 Å². The highest BCUT2D eigenvalue weighted by atomic mass is 32.2. The molecule has 0 fully saturated rings. The van der Waals surface area contributed by atoms with Crippen molar-refractivity contribution in [1.29, 1.82) is 0 Å². The summed E-state index contributed by atoms with van der Waals surface area (Å²) in [7, 11) is 1.25. The molecule has 0 unspecified atom stereocenters.